The van der Waals surface area contributed by atoms with Crippen molar-refractivity contribution >= 4 is 11.9 Å². The molecule has 0 aliphatic rings. The second kappa shape index (κ2) is 5.40. The van der Waals surface area contributed by atoms with Gasteiger partial charge in [0.05, 0.1) is 0 Å². The summed E-state index contributed by atoms with van der Waals surface area (Å²) in [5, 5.41) is 3.72. The first-order chi connectivity index (χ1) is 5.97. The van der Waals surface area contributed by atoms with Crippen molar-refractivity contribution in [2.24, 2.45) is 5.92 Å². The predicted molar refractivity (Wildman–Crippen MR) is 49.8 cm³/mol. The van der Waals surface area contributed by atoms with Crippen LogP contribution in [-0.2, 0) is 4.79 Å². The van der Waals surface area contributed by atoms with Crippen molar-refractivity contribution in [1.82, 2.24) is 15.8 Å². The number of rotatable bonds is 2. The Morgan fingerprint density at radius 1 is 1.38 bits per heavy atom. The Balaban J connectivity index is 4.18. The number of hydrogen-bond acceptors (Lipinski definition) is 2. The minimum absolute atomic E-state index is 0.246. The van der Waals surface area contributed by atoms with Crippen molar-refractivity contribution in [3.63, 3.8) is 0 Å². The van der Waals surface area contributed by atoms with Crippen molar-refractivity contribution in [2.45, 2.75) is 20.8 Å². The largest absolute Gasteiger partial charge is 0.340 e. The second-order valence-electron chi connectivity index (χ2n) is 3.23. The lowest BCUT2D eigenvalue weighted by molar-refractivity contribution is -0.122. The van der Waals surface area contributed by atoms with Crippen LogP contribution < -0.4 is 10.7 Å². The predicted octanol–water partition coefficient (Wildman–Crippen LogP) is 0.335. The number of amides is 3. The molecule has 0 spiro atoms. The fourth-order valence-corrected chi connectivity index (χ4v) is 0.869. The van der Waals surface area contributed by atoms with Crippen LogP contribution in [0.25, 0.3) is 0 Å². The molecule has 0 heterocycles. The molecule has 0 atom stereocenters. The number of hydrazine groups is 1. The van der Waals surface area contributed by atoms with Crippen LogP contribution in [0, 0.1) is 5.92 Å². The summed E-state index contributed by atoms with van der Waals surface area (Å²) in [5.74, 6) is 0.0633. The first kappa shape index (κ1) is 11.7. The smallest absolute Gasteiger partial charge is 0.335 e. The maximum atomic E-state index is 11.2. The summed E-state index contributed by atoms with van der Waals surface area (Å²) in [6, 6.07) is -0.302. The van der Waals surface area contributed by atoms with Gasteiger partial charge in [0.25, 0.3) is 0 Å². The van der Waals surface area contributed by atoms with Gasteiger partial charge in [-0.15, -0.1) is 0 Å². The van der Waals surface area contributed by atoms with Gasteiger partial charge in [0, 0.05) is 20.5 Å². The van der Waals surface area contributed by atoms with Crippen molar-refractivity contribution < 1.29 is 9.59 Å². The van der Waals surface area contributed by atoms with Gasteiger partial charge in [-0.1, -0.05) is 13.8 Å². The first-order valence-electron chi connectivity index (χ1n) is 4.23. The Hall–Kier alpha value is -1.26. The Morgan fingerprint density at radius 3 is 2.23 bits per heavy atom. The van der Waals surface area contributed by atoms with Crippen molar-refractivity contribution in [1.29, 1.82) is 0 Å². The third kappa shape index (κ3) is 5.05. The highest BCUT2D eigenvalue weighted by atomic mass is 16.2. The van der Waals surface area contributed by atoms with Gasteiger partial charge in [0.2, 0.25) is 5.91 Å². The fourth-order valence-electron chi connectivity index (χ4n) is 0.869. The van der Waals surface area contributed by atoms with Crippen LogP contribution in [0.4, 0.5) is 4.79 Å². The van der Waals surface area contributed by atoms with Gasteiger partial charge in [-0.2, -0.15) is 0 Å². The van der Waals surface area contributed by atoms with E-state index in [4.69, 9.17) is 0 Å². The number of carbonyl (C=O) groups excluding carboxylic acids is 2. The summed E-state index contributed by atoms with van der Waals surface area (Å²) in [4.78, 5) is 21.9. The fraction of sp³-hybridized carbons (Fsp3) is 0.750. The lowest BCUT2D eigenvalue weighted by Gasteiger charge is -2.23. The average Bonchev–Trinajstić information content (AvgIpc) is 2.00. The highest BCUT2D eigenvalue weighted by Gasteiger charge is 2.13. The van der Waals surface area contributed by atoms with Gasteiger partial charge in [-0.05, 0) is 5.92 Å². The quantitative estimate of drug-likeness (QED) is 0.612. The number of nitrogens with one attached hydrogen (secondary N) is 2. The highest BCUT2D eigenvalue weighted by Crippen LogP contribution is 1.95. The second-order valence-corrected chi connectivity index (χ2v) is 3.23. The molecular formula is C8H17N3O2. The molecule has 76 valence electrons. The molecule has 0 unspecified atom stereocenters. The molecule has 0 radical (unpaired) electrons. The Morgan fingerprint density at radius 2 is 1.92 bits per heavy atom. The molecule has 0 aliphatic carbocycles. The number of nitrogens with zero attached hydrogens (tertiary/aromatic N) is 1. The Labute approximate surface area is 78.4 Å². The minimum Gasteiger partial charge on any atom is -0.340 e. The zero-order valence-electron chi connectivity index (χ0n) is 8.55. The van der Waals surface area contributed by atoms with Crippen molar-refractivity contribution in [2.75, 3.05) is 13.6 Å². The van der Waals surface area contributed by atoms with E-state index in [1.807, 2.05) is 13.8 Å². The van der Waals surface area contributed by atoms with Gasteiger partial charge < -0.3 is 5.32 Å². The molecular weight excluding hydrogens is 170 g/mol. The van der Waals surface area contributed by atoms with Gasteiger partial charge in [-0.25, -0.2) is 9.80 Å². The van der Waals surface area contributed by atoms with E-state index in [1.54, 1.807) is 0 Å². The molecule has 0 aliphatic heterocycles. The molecule has 0 fully saturated rings. The molecule has 0 saturated carbocycles. The Kier molecular flexibility index (Phi) is 4.87. The van der Waals surface area contributed by atoms with Gasteiger partial charge in [-0.3, -0.25) is 10.2 Å². The summed E-state index contributed by atoms with van der Waals surface area (Å²) >= 11 is 0. The summed E-state index contributed by atoms with van der Waals surface area (Å²) in [5.41, 5.74) is 2.44. The monoisotopic (exact) mass is 187 g/mol. The standard InChI is InChI=1S/C8H17N3O2/c1-6(2)5-11(8(13)9-4)10-7(3)12/h6H,5H2,1-4H3,(H,9,13)(H,10,12). The molecule has 3 amide bonds. The first-order valence-corrected chi connectivity index (χ1v) is 4.23. The molecule has 0 bridgehead atoms. The third-order valence-corrected chi connectivity index (χ3v) is 1.30. The molecule has 13 heavy (non-hydrogen) atoms. The van der Waals surface area contributed by atoms with Crippen molar-refractivity contribution in [3.05, 3.63) is 0 Å². The molecule has 5 heteroatoms. The van der Waals surface area contributed by atoms with Gasteiger partial charge in [0.15, 0.2) is 0 Å². The molecule has 0 rings (SSSR count). The molecule has 0 aromatic heterocycles. The third-order valence-electron chi connectivity index (χ3n) is 1.30. The van der Waals surface area contributed by atoms with Gasteiger partial charge in [0.1, 0.15) is 0 Å². The number of carbonyl (C=O) groups is 2. The van der Waals surface area contributed by atoms with Crippen LogP contribution in [-0.4, -0.2) is 30.5 Å². The van der Waals surface area contributed by atoms with E-state index in [9.17, 15) is 9.59 Å². The summed E-state index contributed by atoms with van der Waals surface area (Å²) in [6.45, 7) is 5.81. The topological polar surface area (TPSA) is 61.4 Å². The van der Waals surface area contributed by atoms with E-state index < -0.39 is 0 Å². The van der Waals surface area contributed by atoms with Crippen LogP contribution in [0.1, 0.15) is 20.8 Å². The maximum Gasteiger partial charge on any atom is 0.335 e. The van der Waals surface area contributed by atoms with E-state index >= 15 is 0 Å². The van der Waals surface area contributed by atoms with E-state index in [2.05, 4.69) is 10.7 Å². The zero-order chi connectivity index (χ0) is 10.4. The lowest BCUT2D eigenvalue weighted by atomic mass is 10.2. The molecule has 0 aromatic carbocycles. The molecule has 5 nitrogen and oxygen atoms in total. The van der Waals surface area contributed by atoms with Gasteiger partial charge >= 0.3 is 6.03 Å². The maximum absolute atomic E-state index is 11.2. The van der Waals surface area contributed by atoms with E-state index in [0.717, 1.165) is 0 Å². The normalized spacial score (nSPS) is 9.62. The van der Waals surface area contributed by atoms with Crippen molar-refractivity contribution in [3.8, 4) is 0 Å². The van der Waals surface area contributed by atoms with E-state index in [-0.39, 0.29) is 11.9 Å². The Bertz CT molecular complexity index is 192. The molecule has 2 N–H and O–H groups in total. The summed E-state index contributed by atoms with van der Waals surface area (Å²) in [7, 11) is 1.53. The van der Waals surface area contributed by atoms with Crippen LogP contribution in [0.5, 0.6) is 0 Å². The molecule has 0 saturated heterocycles. The van der Waals surface area contributed by atoms with E-state index in [1.165, 1.54) is 19.0 Å². The van der Waals surface area contributed by atoms with Crippen LogP contribution in [0.2, 0.25) is 0 Å². The summed E-state index contributed by atoms with van der Waals surface area (Å²) in [6.07, 6.45) is 0. The van der Waals surface area contributed by atoms with Crippen LogP contribution in [0.15, 0.2) is 0 Å². The molecule has 0 aromatic rings. The van der Waals surface area contributed by atoms with Crippen LogP contribution >= 0.6 is 0 Å². The minimum atomic E-state index is -0.302. The zero-order valence-corrected chi connectivity index (χ0v) is 8.55. The highest BCUT2D eigenvalue weighted by molar-refractivity contribution is 5.79. The lowest BCUT2D eigenvalue weighted by Crippen LogP contribution is -2.50. The average molecular weight is 187 g/mol. The van der Waals surface area contributed by atoms with Crippen LogP contribution in [0.3, 0.4) is 0 Å². The SMILES string of the molecule is CNC(=O)N(CC(C)C)NC(C)=O. The summed E-state index contributed by atoms with van der Waals surface area (Å²) < 4.78 is 0. The van der Waals surface area contributed by atoms with E-state index in [0.29, 0.717) is 12.5 Å². The number of hydrogen-bond donors (Lipinski definition) is 2. The number of urea groups is 1.